The third-order valence-corrected chi connectivity index (χ3v) is 4.23. The highest BCUT2D eigenvalue weighted by Crippen LogP contribution is 2.32. The predicted molar refractivity (Wildman–Crippen MR) is 83.1 cm³/mol. The van der Waals surface area contributed by atoms with E-state index in [0.717, 1.165) is 42.9 Å². The molecule has 6 heteroatoms. The summed E-state index contributed by atoms with van der Waals surface area (Å²) in [5, 5.41) is 7.49. The average Bonchev–Trinajstić information content (AvgIpc) is 2.97. The van der Waals surface area contributed by atoms with E-state index in [-0.39, 0.29) is 24.2 Å². The molecule has 0 bridgehead atoms. The number of amides is 1. The molecule has 0 radical (unpaired) electrons. The van der Waals surface area contributed by atoms with Gasteiger partial charge in [0.1, 0.15) is 0 Å². The van der Waals surface area contributed by atoms with Crippen molar-refractivity contribution >= 4 is 24.0 Å². The van der Waals surface area contributed by atoms with Crippen LogP contribution in [0, 0.1) is 25.7 Å². The molecule has 1 heterocycles. The van der Waals surface area contributed by atoms with Crippen LogP contribution in [0.15, 0.2) is 0 Å². The minimum Gasteiger partial charge on any atom is -0.330 e. The average molecular weight is 301 g/mol. The van der Waals surface area contributed by atoms with Crippen LogP contribution in [0.25, 0.3) is 0 Å². The van der Waals surface area contributed by atoms with E-state index in [9.17, 15) is 4.79 Å². The van der Waals surface area contributed by atoms with Crippen molar-refractivity contribution in [2.24, 2.45) is 17.6 Å². The Bertz CT molecular complexity index is 472. The topological polar surface area (TPSA) is 72.9 Å². The van der Waals surface area contributed by atoms with Crippen molar-refractivity contribution < 1.29 is 4.79 Å². The van der Waals surface area contributed by atoms with Crippen molar-refractivity contribution in [1.82, 2.24) is 9.78 Å². The number of aromatic nitrogens is 2. The van der Waals surface area contributed by atoms with E-state index in [1.54, 1.807) is 0 Å². The van der Waals surface area contributed by atoms with Gasteiger partial charge in [0.05, 0.1) is 17.1 Å². The quantitative estimate of drug-likeness (QED) is 0.896. The Balaban J connectivity index is 0.00000200. The molecule has 1 saturated carbocycles. The monoisotopic (exact) mass is 300 g/mol. The maximum Gasteiger partial charge on any atom is 0.227 e. The van der Waals surface area contributed by atoms with Gasteiger partial charge in [-0.25, -0.2) is 0 Å². The summed E-state index contributed by atoms with van der Waals surface area (Å²) in [7, 11) is 0. The van der Waals surface area contributed by atoms with Crippen LogP contribution >= 0.6 is 12.4 Å². The number of carbonyl (C=O) groups is 1. The molecule has 1 fully saturated rings. The lowest BCUT2D eigenvalue weighted by Crippen LogP contribution is -2.30. The lowest BCUT2D eigenvalue weighted by Gasteiger charge is -2.17. The Morgan fingerprint density at radius 3 is 2.70 bits per heavy atom. The summed E-state index contributed by atoms with van der Waals surface area (Å²) in [5.41, 5.74) is 8.52. The summed E-state index contributed by atoms with van der Waals surface area (Å²) in [5.74, 6) is 0.505. The summed E-state index contributed by atoms with van der Waals surface area (Å²) >= 11 is 0. The fourth-order valence-electron chi connectivity index (χ4n) is 3.07. The van der Waals surface area contributed by atoms with Crippen LogP contribution < -0.4 is 11.1 Å². The minimum absolute atomic E-state index is 0. The van der Waals surface area contributed by atoms with Gasteiger partial charge in [0.2, 0.25) is 5.91 Å². The minimum atomic E-state index is 0. The first-order valence-corrected chi connectivity index (χ1v) is 7.13. The first-order chi connectivity index (χ1) is 9.08. The van der Waals surface area contributed by atoms with Gasteiger partial charge in [0, 0.05) is 12.5 Å². The Kier molecular flexibility index (Phi) is 6.02. The van der Waals surface area contributed by atoms with Crippen molar-refractivity contribution in [2.45, 2.75) is 46.6 Å². The number of carbonyl (C=O) groups excluding carboxylic acids is 1. The van der Waals surface area contributed by atoms with E-state index in [2.05, 4.69) is 10.4 Å². The summed E-state index contributed by atoms with van der Waals surface area (Å²) in [6, 6.07) is 0. The first-order valence-electron chi connectivity index (χ1n) is 7.13. The smallest absolute Gasteiger partial charge is 0.227 e. The maximum absolute atomic E-state index is 12.4. The van der Waals surface area contributed by atoms with Crippen molar-refractivity contribution in [3.05, 3.63) is 11.4 Å². The van der Waals surface area contributed by atoms with Crippen LogP contribution in [0.4, 0.5) is 5.69 Å². The molecule has 3 N–H and O–H groups in total. The van der Waals surface area contributed by atoms with Gasteiger partial charge in [-0.05, 0) is 46.1 Å². The number of nitrogens with two attached hydrogens (primary N) is 1. The normalized spacial score (nSPS) is 21.6. The molecule has 2 atom stereocenters. The molecule has 5 nitrogen and oxygen atoms in total. The van der Waals surface area contributed by atoms with E-state index in [4.69, 9.17) is 5.73 Å². The maximum atomic E-state index is 12.4. The second kappa shape index (κ2) is 7.09. The van der Waals surface area contributed by atoms with E-state index < -0.39 is 0 Å². The highest BCUT2D eigenvalue weighted by Gasteiger charge is 2.32. The third-order valence-electron chi connectivity index (χ3n) is 4.23. The molecule has 114 valence electrons. The standard InChI is InChI=1S/C14H24N4O.ClH/c1-4-18-10(3)13(9(2)17-18)16-14(19)12-7-5-6-11(12)8-15;/h11-12H,4-8,15H2,1-3H3,(H,16,19);1H/t11-,12-;/m1./s1. The Hall–Kier alpha value is -1.07. The third kappa shape index (κ3) is 3.15. The van der Waals surface area contributed by atoms with Crippen LogP contribution in [0.1, 0.15) is 37.6 Å². The molecule has 0 unspecified atom stereocenters. The van der Waals surface area contributed by atoms with Gasteiger partial charge in [-0.2, -0.15) is 5.10 Å². The predicted octanol–water partition coefficient (Wildman–Crippen LogP) is 2.26. The highest BCUT2D eigenvalue weighted by molar-refractivity contribution is 5.94. The van der Waals surface area contributed by atoms with Gasteiger partial charge in [0.25, 0.3) is 0 Å². The lowest BCUT2D eigenvalue weighted by molar-refractivity contribution is -0.120. The van der Waals surface area contributed by atoms with Crippen molar-refractivity contribution in [2.75, 3.05) is 11.9 Å². The van der Waals surface area contributed by atoms with Crippen LogP contribution in [0.2, 0.25) is 0 Å². The molecule has 1 amide bonds. The SMILES string of the molecule is CCn1nc(C)c(NC(=O)[C@@H]2CCC[C@@H]2CN)c1C.Cl. The fraction of sp³-hybridized carbons (Fsp3) is 0.714. The van der Waals surface area contributed by atoms with Gasteiger partial charge >= 0.3 is 0 Å². The summed E-state index contributed by atoms with van der Waals surface area (Å²) in [4.78, 5) is 12.4. The largest absolute Gasteiger partial charge is 0.330 e. The van der Waals surface area contributed by atoms with Crippen LogP contribution in [0.5, 0.6) is 0 Å². The highest BCUT2D eigenvalue weighted by atomic mass is 35.5. The van der Waals surface area contributed by atoms with E-state index in [1.807, 2.05) is 25.5 Å². The fourth-order valence-corrected chi connectivity index (χ4v) is 3.07. The Morgan fingerprint density at radius 2 is 2.15 bits per heavy atom. The number of anilines is 1. The summed E-state index contributed by atoms with van der Waals surface area (Å²) in [6.07, 6.45) is 3.13. The molecular weight excluding hydrogens is 276 g/mol. The Labute approximate surface area is 126 Å². The molecular formula is C14H25ClN4O. The number of nitrogens with one attached hydrogen (secondary N) is 1. The van der Waals surface area contributed by atoms with Gasteiger partial charge in [-0.1, -0.05) is 6.42 Å². The van der Waals surface area contributed by atoms with E-state index >= 15 is 0 Å². The molecule has 1 aliphatic rings. The zero-order chi connectivity index (χ0) is 14.0. The molecule has 1 aromatic heterocycles. The lowest BCUT2D eigenvalue weighted by atomic mass is 9.95. The zero-order valence-corrected chi connectivity index (χ0v) is 13.3. The summed E-state index contributed by atoms with van der Waals surface area (Å²) < 4.78 is 1.92. The molecule has 1 aliphatic carbocycles. The van der Waals surface area contributed by atoms with Gasteiger partial charge in [-0.15, -0.1) is 12.4 Å². The van der Waals surface area contributed by atoms with E-state index in [1.165, 1.54) is 0 Å². The summed E-state index contributed by atoms with van der Waals surface area (Å²) in [6.45, 7) is 7.39. The van der Waals surface area contributed by atoms with Gasteiger partial charge in [0.15, 0.2) is 0 Å². The number of aryl methyl sites for hydroxylation is 2. The van der Waals surface area contributed by atoms with Crippen molar-refractivity contribution in [3.8, 4) is 0 Å². The molecule has 1 aromatic rings. The molecule has 20 heavy (non-hydrogen) atoms. The van der Waals surface area contributed by atoms with Gasteiger partial charge in [-0.3, -0.25) is 9.48 Å². The first kappa shape index (κ1) is 17.0. The molecule has 0 aliphatic heterocycles. The second-order valence-corrected chi connectivity index (χ2v) is 5.38. The van der Waals surface area contributed by atoms with Crippen LogP contribution in [-0.4, -0.2) is 22.2 Å². The Morgan fingerprint density at radius 1 is 1.45 bits per heavy atom. The molecule has 0 aromatic carbocycles. The van der Waals surface area contributed by atoms with Crippen LogP contribution in [-0.2, 0) is 11.3 Å². The molecule has 0 saturated heterocycles. The van der Waals surface area contributed by atoms with E-state index in [0.29, 0.717) is 12.5 Å². The molecule has 2 rings (SSSR count). The number of hydrogen-bond acceptors (Lipinski definition) is 3. The molecule has 0 spiro atoms. The van der Waals surface area contributed by atoms with Gasteiger partial charge < -0.3 is 11.1 Å². The van der Waals surface area contributed by atoms with Crippen molar-refractivity contribution in [3.63, 3.8) is 0 Å². The second-order valence-electron chi connectivity index (χ2n) is 5.38. The van der Waals surface area contributed by atoms with Crippen LogP contribution in [0.3, 0.4) is 0 Å². The number of hydrogen-bond donors (Lipinski definition) is 2. The van der Waals surface area contributed by atoms with Crippen molar-refractivity contribution in [1.29, 1.82) is 0 Å². The number of rotatable bonds is 4. The number of nitrogens with zero attached hydrogens (tertiary/aromatic N) is 2. The zero-order valence-electron chi connectivity index (χ0n) is 12.5. The number of halogens is 1.